The van der Waals surface area contributed by atoms with Crippen LogP contribution in [0.4, 0.5) is 5.69 Å². The Labute approximate surface area is 198 Å². The number of hydrogen-bond acceptors (Lipinski definition) is 4. The van der Waals surface area contributed by atoms with E-state index in [-0.39, 0.29) is 11.9 Å². The molecule has 5 rings (SSSR count). The summed E-state index contributed by atoms with van der Waals surface area (Å²) >= 11 is 12.4. The van der Waals surface area contributed by atoms with E-state index < -0.39 is 0 Å². The van der Waals surface area contributed by atoms with E-state index >= 15 is 0 Å². The Balaban J connectivity index is 1.29. The normalized spacial score (nSPS) is 19.5. The maximum absolute atomic E-state index is 12.8. The Morgan fingerprint density at radius 1 is 1.06 bits per heavy atom. The van der Waals surface area contributed by atoms with Crippen molar-refractivity contribution in [1.29, 1.82) is 0 Å². The van der Waals surface area contributed by atoms with Gasteiger partial charge in [-0.25, -0.2) is 0 Å². The number of nitrogens with zero attached hydrogens (tertiary/aromatic N) is 4. The van der Waals surface area contributed by atoms with Gasteiger partial charge in [0.1, 0.15) is 0 Å². The number of nitrogens with one attached hydrogen (secondary N) is 1. The predicted molar refractivity (Wildman–Crippen MR) is 130 cm³/mol. The number of aromatic nitrogens is 2. The average molecular weight is 472 g/mol. The monoisotopic (exact) mass is 471 g/mol. The van der Waals surface area contributed by atoms with Gasteiger partial charge in [0.25, 0.3) is 0 Å². The smallest absolute Gasteiger partial charge is 0.239 e. The fourth-order valence-corrected chi connectivity index (χ4v) is 5.13. The molecule has 3 heterocycles. The van der Waals surface area contributed by atoms with E-state index in [1.54, 1.807) is 6.07 Å². The molecule has 1 N–H and O–H groups in total. The molecule has 32 heavy (non-hydrogen) atoms. The molecule has 8 heteroatoms. The fourth-order valence-electron chi connectivity index (χ4n) is 4.66. The summed E-state index contributed by atoms with van der Waals surface area (Å²) in [4.78, 5) is 17.2. The molecule has 168 valence electrons. The summed E-state index contributed by atoms with van der Waals surface area (Å²) in [7, 11) is 0. The van der Waals surface area contributed by atoms with E-state index in [0.29, 0.717) is 16.6 Å². The maximum atomic E-state index is 12.8. The number of piperazine rings is 1. The molecule has 6 nitrogen and oxygen atoms in total. The van der Waals surface area contributed by atoms with E-state index in [4.69, 9.17) is 23.2 Å². The first-order chi connectivity index (χ1) is 15.6. The summed E-state index contributed by atoms with van der Waals surface area (Å²) in [6.07, 6.45) is 5.15. The van der Waals surface area contributed by atoms with Crippen LogP contribution in [0.25, 0.3) is 10.9 Å². The number of benzene rings is 2. The number of piperidine rings is 1. The first-order valence-electron chi connectivity index (χ1n) is 11.2. The van der Waals surface area contributed by atoms with Crippen LogP contribution in [0.1, 0.15) is 24.8 Å². The summed E-state index contributed by atoms with van der Waals surface area (Å²) in [5.74, 6) is 0.262. The zero-order valence-corrected chi connectivity index (χ0v) is 19.4. The van der Waals surface area contributed by atoms with Crippen LogP contribution in [0.3, 0.4) is 0 Å². The molecule has 0 aliphatic carbocycles. The molecule has 1 atom stereocenters. The molecule has 0 spiro atoms. The maximum Gasteiger partial charge on any atom is 0.239 e. The number of anilines is 1. The number of carbonyl (C=O) groups is 1. The van der Waals surface area contributed by atoms with E-state index in [9.17, 15) is 4.79 Å². The number of rotatable bonds is 4. The zero-order chi connectivity index (χ0) is 22.1. The molecule has 2 aromatic carbocycles. The van der Waals surface area contributed by atoms with E-state index in [1.165, 1.54) is 6.42 Å². The minimum atomic E-state index is 0.000642. The van der Waals surface area contributed by atoms with Gasteiger partial charge in [-0.3, -0.25) is 9.48 Å². The molecular weight excluding hydrogens is 445 g/mol. The van der Waals surface area contributed by atoms with Crippen LogP contribution in [-0.4, -0.2) is 59.4 Å². The Morgan fingerprint density at radius 2 is 1.91 bits per heavy atom. The van der Waals surface area contributed by atoms with Gasteiger partial charge < -0.3 is 15.1 Å². The lowest BCUT2D eigenvalue weighted by molar-refractivity contribution is -0.134. The van der Waals surface area contributed by atoms with Crippen LogP contribution < -0.4 is 10.2 Å². The van der Waals surface area contributed by atoms with Gasteiger partial charge in [-0.1, -0.05) is 35.7 Å². The van der Waals surface area contributed by atoms with Crippen LogP contribution in [0, 0.1) is 0 Å². The lowest BCUT2D eigenvalue weighted by Gasteiger charge is -2.38. The van der Waals surface area contributed by atoms with Crippen LogP contribution in [0.5, 0.6) is 0 Å². The first-order valence-corrected chi connectivity index (χ1v) is 12.0. The highest BCUT2D eigenvalue weighted by atomic mass is 35.5. The molecule has 2 saturated heterocycles. The highest BCUT2D eigenvalue weighted by Crippen LogP contribution is 2.26. The number of fused-ring (bicyclic) bond motifs is 1. The summed E-state index contributed by atoms with van der Waals surface area (Å²) in [5, 5.41) is 10.3. The SMILES string of the molecule is O=C(C1CCCCN1)N1CCN(c2ccc3cnn(Cc4ccc(Cl)cc4Cl)c3c2)CC1. The van der Waals surface area contributed by atoms with Crippen molar-refractivity contribution in [2.24, 2.45) is 0 Å². The molecule has 2 aliphatic heterocycles. The molecule has 1 unspecified atom stereocenters. The highest BCUT2D eigenvalue weighted by Gasteiger charge is 2.28. The van der Waals surface area contributed by atoms with Crippen LogP contribution in [0.15, 0.2) is 42.6 Å². The number of amides is 1. The second-order valence-corrected chi connectivity index (χ2v) is 9.44. The average Bonchev–Trinajstić information content (AvgIpc) is 3.23. The largest absolute Gasteiger partial charge is 0.368 e. The van der Waals surface area contributed by atoms with Crippen LogP contribution in [-0.2, 0) is 11.3 Å². The van der Waals surface area contributed by atoms with E-state index in [0.717, 1.165) is 67.7 Å². The second-order valence-electron chi connectivity index (χ2n) is 8.60. The van der Waals surface area contributed by atoms with Crippen molar-refractivity contribution in [3.05, 3.63) is 58.2 Å². The third kappa shape index (κ3) is 4.45. The molecule has 1 amide bonds. The van der Waals surface area contributed by atoms with Crippen molar-refractivity contribution >= 4 is 45.7 Å². The van der Waals surface area contributed by atoms with Gasteiger partial charge in [0.15, 0.2) is 0 Å². The zero-order valence-electron chi connectivity index (χ0n) is 17.9. The van der Waals surface area contributed by atoms with Gasteiger partial charge in [-0.2, -0.15) is 5.10 Å². The van der Waals surface area contributed by atoms with Crippen LogP contribution >= 0.6 is 23.2 Å². The lowest BCUT2D eigenvalue weighted by atomic mass is 10.0. The van der Waals surface area contributed by atoms with Crippen molar-refractivity contribution in [2.75, 3.05) is 37.6 Å². The molecule has 2 fully saturated rings. The number of halogens is 2. The third-order valence-corrected chi connectivity index (χ3v) is 7.12. The van der Waals surface area contributed by atoms with Crippen molar-refractivity contribution in [3.63, 3.8) is 0 Å². The molecule has 2 aliphatic rings. The van der Waals surface area contributed by atoms with Gasteiger partial charge in [-0.05, 0) is 55.3 Å². The first kappa shape index (κ1) is 21.6. The van der Waals surface area contributed by atoms with Crippen molar-refractivity contribution in [2.45, 2.75) is 31.8 Å². The number of hydrogen-bond donors (Lipinski definition) is 1. The standard InChI is InChI=1S/C24H27Cl2N5O/c25-19-6-4-18(21(26)13-19)16-31-23-14-20(7-5-17(23)15-28-31)29-9-11-30(12-10-29)24(32)22-3-1-2-8-27-22/h4-7,13-15,22,27H,1-3,8-12,16H2. The summed E-state index contributed by atoms with van der Waals surface area (Å²) in [6.45, 7) is 4.72. The minimum absolute atomic E-state index is 0.000642. The Morgan fingerprint density at radius 3 is 2.66 bits per heavy atom. The van der Waals surface area contributed by atoms with E-state index in [2.05, 4.69) is 33.5 Å². The molecule has 1 aromatic heterocycles. The fraction of sp³-hybridized carbons (Fsp3) is 0.417. The third-order valence-electron chi connectivity index (χ3n) is 6.53. The Kier molecular flexibility index (Phi) is 6.26. The summed E-state index contributed by atoms with van der Waals surface area (Å²) in [6, 6.07) is 12.0. The van der Waals surface area contributed by atoms with Gasteiger partial charge in [-0.15, -0.1) is 0 Å². The molecule has 0 bridgehead atoms. The molecular formula is C24H27Cl2N5O. The topological polar surface area (TPSA) is 53.4 Å². The molecule has 0 radical (unpaired) electrons. The van der Waals surface area contributed by atoms with Crippen molar-refractivity contribution < 1.29 is 4.79 Å². The van der Waals surface area contributed by atoms with E-state index in [1.807, 2.05) is 27.9 Å². The second kappa shape index (κ2) is 9.30. The quantitative estimate of drug-likeness (QED) is 0.619. The van der Waals surface area contributed by atoms with Crippen LogP contribution in [0.2, 0.25) is 10.0 Å². The van der Waals surface area contributed by atoms with Gasteiger partial charge in [0.05, 0.1) is 24.3 Å². The summed E-state index contributed by atoms with van der Waals surface area (Å²) in [5.41, 5.74) is 3.21. The highest BCUT2D eigenvalue weighted by molar-refractivity contribution is 6.35. The van der Waals surface area contributed by atoms with Gasteiger partial charge >= 0.3 is 0 Å². The Bertz CT molecular complexity index is 1120. The lowest BCUT2D eigenvalue weighted by Crippen LogP contribution is -2.55. The molecule has 0 saturated carbocycles. The minimum Gasteiger partial charge on any atom is -0.368 e. The Hall–Kier alpha value is -2.28. The number of carbonyl (C=O) groups excluding carboxylic acids is 1. The van der Waals surface area contributed by atoms with Gasteiger partial charge in [0, 0.05) is 47.3 Å². The molecule has 3 aromatic rings. The summed E-state index contributed by atoms with van der Waals surface area (Å²) < 4.78 is 1.97. The van der Waals surface area contributed by atoms with Crippen molar-refractivity contribution in [1.82, 2.24) is 20.0 Å². The van der Waals surface area contributed by atoms with Gasteiger partial charge in [0.2, 0.25) is 5.91 Å². The van der Waals surface area contributed by atoms with Crippen molar-refractivity contribution in [3.8, 4) is 0 Å². The predicted octanol–water partition coefficient (Wildman–Crippen LogP) is 4.18.